The first kappa shape index (κ1) is 20.6. The van der Waals surface area contributed by atoms with E-state index >= 15 is 0 Å². The topological polar surface area (TPSA) is 64.5 Å². The maximum absolute atomic E-state index is 12.3. The van der Waals surface area contributed by atoms with Gasteiger partial charge in [0.1, 0.15) is 24.0 Å². The number of hydrogen-bond donors (Lipinski definition) is 0. The SMILES string of the molecule is CC(C)[C@H]1COC(=O)N1c1ccnc(C[C@@H](C)c2cccc(OC3CCCC3)c2)n1. The Morgan fingerprint density at radius 2 is 2.00 bits per heavy atom. The van der Waals surface area contributed by atoms with Crippen molar-refractivity contribution in [2.45, 2.75) is 70.9 Å². The van der Waals surface area contributed by atoms with Crippen molar-refractivity contribution < 1.29 is 14.3 Å². The summed E-state index contributed by atoms with van der Waals surface area (Å²) in [6, 6.07) is 10.1. The molecule has 6 nitrogen and oxygen atoms in total. The molecule has 1 aromatic heterocycles. The highest BCUT2D eigenvalue weighted by Gasteiger charge is 2.37. The number of cyclic esters (lactones) is 1. The van der Waals surface area contributed by atoms with E-state index in [1.54, 1.807) is 17.2 Å². The highest BCUT2D eigenvalue weighted by molar-refractivity contribution is 5.89. The Morgan fingerprint density at radius 3 is 2.77 bits per heavy atom. The highest BCUT2D eigenvalue weighted by Crippen LogP contribution is 2.29. The molecule has 2 aromatic rings. The number of ether oxygens (including phenoxy) is 2. The van der Waals surface area contributed by atoms with Gasteiger partial charge >= 0.3 is 6.09 Å². The summed E-state index contributed by atoms with van der Waals surface area (Å²) in [5, 5.41) is 0. The number of nitrogens with zero attached hydrogens (tertiary/aromatic N) is 3. The first-order valence-corrected chi connectivity index (χ1v) is 11.1. The van der Waals surface area contributed by atoms with E-state index in [2.05, 4.69) is 44.0 Å². The zero-order valence-electron chi connectivity index (χ0n) is 18.1. The van der Waals surface area contributed by atoms with Crippen LogP contribution in [0.15, 0.2) is 36.5 Å². The third-order valence-electron chi connectivity index (χ3n) is 6.13. The lowest BCUT2D eigenvalue weighted by molar-refractivity contribution is 0.177. The van der Waals surface area contributed by atoms with Gasteiger partial charge in [-0.1, -0.05) is 32.9 Å². The predicted molar refractivity (Wildman–Crippen MR) is 116 cm³/mol. The second-order valence-electron chi connectivity index (χ2n) is 8.79. The normalized spacial score (nSPS) is 20.6. The summed E-state index contributed by atoms with van der Waals surface area (Å²) < 4.78 is 11.4. The number of benzene rings is 1. The van der Waals surface area contributed by atoms with Gasteiger partial charge in [-0.15, -0.1) is 0 Å². The van der Waals surface area contributed by atoms with Gasteiger partial charge in [0.15, 0.2) is 0 Å². The van der Waals surface area contributed by atoms with E-state index in [0.29, 0.717) is 24.9 Å². The lowest BCUT2D eigenvalue weighted by Crippen LogP contribution is -2.37. The molecule has 160 valence electrons. The molecular weight excluding hydrogens is 378 g/mol. The van der Waals surface area contributed by atoms with Gasteiger partial charge in [0.2, 0.25) is 0 Å². The Bertz CT molecular complexity index is 880. The molecule has 1 amide bonds. The van der Waals surface area contributed by atoms with Gasteiger partial charge in [0.25, 0.3) is 0 Å². The van der Waals surface area contributed by atoms with Crippen LogP contribution < -0.4 is 9.64 Å². The fourth-order valence-corrected chi connectivity index (χ4v) is 4.30. The van der Waals surface area contributed by atoms with Gasteiger partial charge in [-0.05, 0) is 61.3 Å². The zero-order valence-corrected chi connectivity index (χ0v) is 18.1. The van der Waals surface area contributed by atoms with Crippen molar-refractivity contribution in [2.75, 3.05) is 11.5 Å². The molecule has 0 unspecified atom stereocenters. The summed E-state index contributed by atoms with van der Waals surface area (Å²) in [6.45, 7) is 6.75. The quantitative estimate of drug-likeness (QED) is 0.635. The lowest BCUT2D eigenvalue weighted by atomic mass is 9.97. The third-order valence-corrected chi connectivity index (χ3v) is 6.13. The molecule has 1 aliphatic carbocycles. The molecule has 1 saturated heterocycles. The standard InChI is InChI=1S/C24H31N3O3/c1-16(2)21-15-29-24(28)27(21)23-11-12-25-22(26-23)13-17(3)18-7-6-10-20(14-18)30-19-8-4-5-9-19/h6-7,10-12,14,16-17,19,21H,4-5,8-9,13,15H2,1-3H3/t17-,21-/m1/s1. The van der Waals surface area contributed by atoms with Crippen molar-refractivity contribution in [3.63, 3.8) is 0 Å². The predicted octanol–water partition coefficient (Wildman–Crippen LogP) is 5.13. The van der Waals surface area contributed by atoms with Crippen molar-refractivity contribution in [1.29, 1.82) is 0 Å². The fraction of sp³-hybridized carbons (Fsp3) is 0.542. The molecule has 0 radical (unpaired) electrons. The first-order valence-electron chi connectivity index (χ1n) is 11.1. The summed E-state index contributed by atoms with van der Waals surface area (Å²) in [7, 11) is 0. The van der Waals surface area contributed by atoms with Gasteiger partial charge < -0.3 is 9.47 Å². The van der Waals surface area contributed by atoms with E-state index in [0.717, 1.165) is 24.4 Å². The first-order chi connectivity index (χ1) is 14.5. The molecule has 0 N–H and O–H groups in total. The summed E-state index contributed by atoms with van der Waals surface area (Å²) >= 11 is 0. The minimum atomic E-state index is -0.330. The van der Waals surface area contributed by atoms with Gasteiger partial charge in [0.05, 0.1) is 12.1 Å². The maximum Gasteiger partial charge on any atom is 0.415 e. The molecular formula is C24H31N3O3. The Labute approximate surface area is 178 Å². The second kappa shape index (κ2) is 9.02. The molecule has 0 bridgehead atoms. The van der Waals surface area contributed by atoms with Crippen molar-refractivity contribution in [3.05, 3.63) is 47.9 Å². The summed E-state index contributed by atoms with van der Waals surface area (Å²) in [5.41, 5.74) is 1.21. The number of carbonyl (C=O) groups excluding carboxylic acids is 1. The van der Waals surface area contributed by atoms with Gasteiger partial charge in [-0.3, -0.25) is 4.90 Å². The Balaban J connectivity index is 1.47. The largest absolute Gasteiger partial charge is 0.490 e. The number of anilines is 1. The van der Waals surface area contributed by atoms with E-state index in [9.17, 15) is 4.79 Å². The fourth-order valence-electron chi connectivity index (χ4n) is 4.30. The molecule has 1 aliphatic heterocycles. The number of carbonyl (C=O) groups is 1. The van der Waals surface area contributed by atoms with Crippen LogP contribution in [0.4, 0.5) is 10.6 Å². The van der Waals surface area contributed by atoms with Crippen LogP contribution in [0, 0.1) is 5.92 Å². The van der Waals surface area contributed by atoms with E-state index in [-0.39, 0.29) is 24.0 Å². The van der Waals surface area contributed by atoms with Crippen molar-refractivity contribution in [1.82, 2.24) is 9.97 Å². The number of amides is 1. The maximum atomic E-state index is 12.3. The van der Waals surface area contributed by atoms with E-state index in [1.807, 2.05) is 6.07 Å². The smallest absolute Gasteiger partial charge is 0.415 e. The molecule has 2 heterocycles. The molecule has 1 aromatic carbocycles. The summed E-state index contributed by atoms with van der Waals surface area (Å²) in [6.07, 6.45) is 7.26. The summed E-state index contributed by atoms with van der Waals surface area (Å²) in [4.78, 5) is 23.1. The summed E-state index contributed by atoms with van der Waals surface area (Å²) in [5.74, 6) is 2.81. The Morgan fingerprint density at radius 1 is 1.20 bits per heavy atom. The molecule has 2 atom stereocenters. The van der Waals surface area contributed by atoms with Crippen LogP contribution >= 0.6 is 0 Å². The molecule has 0 spiro atoms. The van der Waals surface area contributed by atoms with Crippen molar-refractivity contribution >= 4 is 11.9 Å². The molecule has 30 heavy (non-hydrogen) atoms. The van der Waals surface area contributed by atoms with Crippen LogP contribution in [-0.4, -0.2) is 34.8 Å². The average Bonchev–Trinajstić information content (AvgIpc) is 3.38. The van der Waals surface area contributed by atoms with E-state index < -0.39 is 0 Å². The van der Waals surface area contributed by atoms with E-state index in [1.165, 1.54) is 18.4 Å². The minimum absolute atomic E-state index is 0.00194. The van der Waals surface area contributed by atoms with Crippen molar-refractivity contribution in [3.8, 4) is 5.75 Å². The Hall–Kier alpha value is -2.63. The van der Waals surface area contributed by atoms with E-state index in [4.69, 9.17) is 14.5 Å². The molecule has 2 fully saturated rings. The van der Waals surface area contributed by atoms with Crippen LogP contribution in [0.1, 0.15) is 63.8 Å². The van der Waals surface area contributed by atoms with Crippen LogP contribution in [0.2, 0.25) is 0 Å². The molecule has 1 saturated carbocycles. The van der Waals surface area contributed by atoms with Gasteiger partial charge in [-0.25, -0.2) is 14.8 Å². The second-order valence-corrected chi connectivity index (χ2v) is 8.79. The average molecular weight is 410 g/mol. The molecule has 6 heteroatoms. The van der Waals surface area contributed by atoms with Gasteiger partial charge in [-0.2, -0.15) is 0 Å². The third kappa shape index (κ3) is 4.58. The monoisotopic (exact) mass is 409 g/mol. The van der Waals surface area contributed by atoms with Crippen LogP contribution in [0.25, 0.3) is 0 Å². The lowest BCUT2D eigenvalue weighted by Gasteiger charge is -2.23. The van der Waals surface area contributed by atoms with Gasteiger partial charge in [0, 0.05) is 12.6 Å². The number of aromatic nitrogens is 2. The van der Waals surface area contributed by atoms with Crippen LogP contribution in [0.5, 0.6) is 5.75 Å². The van der Waals surface area contributed by atoms with Crippen LogP contribution in [0.3, 0.4) is 0 Å². The number of rotatable bonds is 7. The molecule has 2 aliphatic rings. The highest BCUT2D eigenvalue weighted by atomic mass is 16.6. The minimum Gasteiger partial charge on any atom is -0.490 e. The van der Waals surface area contributed by atoms with Crippen LogP contribution in [-0.2, 0) is 11.2 Å². The number of hydrogen-bond acceptors (Lipinski definition) is 5. The Kier molecular flexibility index (Phi) is 6.21. The van der Waals surface area contributed by atoms with Crippen molar-refractivity contribution in [2.24, 2.45) is 5.92 Å². The molecule has 4 rings (SSSR count). The zero-order chi connectivity index (χ0) is 21.1.